The van der Waals surface area contributed by atoms with Gasteiger partial charge in [0.2, 0.25) is 0 Å². The molecule has 0 aliphatic heterocycles. The van der Waals surface area contributed by atoms with E-state index in [-0.39, 0.29) is 21.9 Å². The predicted molar refractivity (Wildman–Crippen MR) is 61.3 cm³/mol. The first-order valence-electron chi connectivity index (χ1n) is 4.89. The van der Waals surface area contributed by atoms with Gasteiger partial charge in [-0.25, -0.2) is 0 Å². The van der Waals surface area contributed by atoms with Crippen molar-refractivity contribution in [3.05, 3.63) is 47.2 Å². The van der Waals surface area contributed by atoms with E-state index in [1.54, 1.807) is 0 Å². The summed E-state index contributed by atoms with van der Waals surface area (Å²) < 4.78 is 38.5. The molecule has 0 aliphatic rings. The number of hydrogen-bond acceptors (Lipinski definition) is 2. The normalized spacial score (nSPS) is 11.6. The van der Waals surface area contributed by atoms with Crippen LogP contribution in [0.4, 0.5) is 13.2 Å². The Morgan fingerprint density at radius 1 is 1.11 bits per heavy atom. The summed E-state index contributed by atoms with van der Waals surface area (Å²) >= 11 is 5.72. The molecule has 0 spiro atoms. The van der Waals surface area contributed by atoms with Gasteiger partial charge < -0.3 is 5.11 Å². The third kappa shape index (κ3) is 2.41. The summed E-state index contributed by atoms with van der Waals surface area (Å²) in [4.78, 5) is 3.65. The number of phenolic OH excluding ortho intramolecular Hbond substituents is 1. The molecule has 2 aromatic rings. The fourth-order valence-electron chi connectivity index (χ4n) is 1.58. The standard InChI is InChI=1S/C12H7ClF3NO/c13-7-1-2-11(18)8(5-7)9-6-17-4-3-10(9)12(14,15)16/h1-6,18H. The fraction of sp³-hybridized carbons (Fsp3) is 0.0833. The summed E-state index contributed by atoms with van der Waals surface area (Å²) in [5.74, 6) is -0.280. The molecular weight excluding hydrogens is 267 g/mol. The van der Waals surface area contributed by atoms with Crippen molar-refractivity contribution < 1.29 is 18.3 Å². The maximum atomic E-state index is 12.8. The number of rotatable bonds is 1. The van der Waals surface area contributed by atoms with Crippen LogP contribution in [0.3, 0.4) is 0 Å². The summed E-state index contributed by atoms with van der Waals surface area (Å²) in [5, 5.41) is 9.86. The molecule has 0 amide bonds. The molecule has 94 valence electrons. The summed E-state index contributed by atoms with van der Waals surface area (Å²) in [6.45, 7) is 0. The molecule has 1 N–H and O–H groups in total. The number of aromatic hydroxyl groups is 1. The van der Waals surface area contributed by atoms with E-state index >= 15 is 0 Å². The summed E-state index contributed by atoms with van der Waals surface area (Å²) in [6.07, 6.45) is -2.42. The smallest absolute Gasteiger partial charge is 0.417 e. The lowest BCUT2D eigenvalue weighted by atomic mass is 10.0. The van der Waals surface area contributed by atoms with Crippen LogP contribution in [0, 0.1) is 0 Å². The van der Waals surface area contributed by atoms with E-state index in [4.69, 9.17) is 11.6 Å². The second-order valence-electron chi connectivity index (χ2n) is 3.58. The lowest BCUT2D eigenvalue weighted by Gasteiger charge is -2.13. The first-order valence-corrected chi connectivity index (χ1v) is 5.27. The van der Waals surface area contributed by atoms with Crippen LogP contribution in [0.15, 0.2) is 36.7 Å². The number of nitrogens with zero attached hydrogens (tertiary/aromatic N) is 1. The van der Waals surface area contributed by atoms with Crippen LogP contribution in [-0.4, -0.2) is 10.1 Å². The summed E-state index contributed by atoms with van der Waals surface area (Å²) in [5.41, 5.74) is -1.07. The van der Waals surface area contributed by atoms with Gasteiger partial charge in [-0.1, -0.05) is 11.6 Å². The topological polar surface area (TPSA) is 33.1 Å². The first-order chi connectivity index (χ1) is 8.39. The Bertz CT molecular complexity index is 584. The largest absolute Gasteiger partial charge is 0.507 e. The minimum Gasteiger partial charge on any atom is -0.507 e. The molecule has 0 saturated carbocycles. The van der Waals surface area contributed by atoms with Gasteiger partial charge in [0.25, 0.3) is 0 Å². The van der Waals surface area contributed by atoms with Crippen molar-refractivity contribution in [3.8, 4) is 16.9 Å². The number of benzene rings is 1. The highest BCUT2D eigenvalue weighted by Gasteiger charge is 2.34. The Labute approximate surface area is 106 Å². The van der Waals surface area contributed by atoms with Crippen molar-refractivity contribution in [2.24, 2.45) is 0 Å². The zero-order valence-corrected chi connectivity index (χ0v) is 9.63. The number of phenols is 1. The van der Waals surface area contributed by atoms with Crippen molar-refractivity contribution in [1.29, 1.82) is 0 Å². The van der Waals surface area contributed by atoms with E-state index in [0.29, 0.717) is 0 Å². The van der Waals surface area contributed by atoms with Crippen molar-refractivity contribution in [3.63, 3.8) is 0 Å². The third-order valence-corrected chi connectivity index (χ3v) is 2.61. The van der Waals surface area contributed by atoms with Gasteiger partial charge in [-0.05, 0) is 24.3 Å². The second kappa shape index (κ2) is 4.49. The Morgan fingerprint density at radius 2 is 1.83 bits per heavy atom. The maximum Gasteiger partial charge on any atom is 0.417 e. The molecule has 0 unspecified atom stereocenters. The van der Waals surface area contributed by atoms with Crippen molar-refractivity contribution >= 4 is 11.6 Å². The van der Waals surface area contributed by atoms with E-state index in [1.165, 1.54) is 18.2 Å². The average Bonchev–Trinajstić information content (AvgIpc) is 2.31. The van der Waals surface area contributed by atoms with Gasteiger partial charge >= 0.3 is 6.18 Å². The molecule has 1 aromatic heterocycles. The van der Waals surface area contributed by atoms with Gasteiger partial charge in [-0.15, -0.1) is 0 Å². The van der Waals surface area contributed by atoms with Crippen LogP contribution in [0.25, 0.3) is 11.1 Å². The monoisotopic (exact) mass is 273 g/mol. The van der Waals surface area contributed by atoms with Crippen LogP contribution < -0.4 is 0 Å². The molecule has 1 aromatic carbocycles. The van der Waals surface area contributed by atoms with E-state index in [1.807, 2.05) is 0 Å². The lowest BCUT2D eigenvalue weighted by Crippen LogP contribution is -2.07. The number of alkyl halides is 3. The third-order valence-electron chi connectivity index (χ3n) is 2.38. The molecule has 18 heavy (non-hydrogen) atoms. The van der Waals surface area contributed by atoms with Gasteiger partial charge in [0.15, 0.2) is 0 Å². The zero-order valence-electron chi connectivity index (χ0n) is 8.87. The average molecular weight is 274 g/mol. The van der Waals surface area contributed by atoms with Gasteiger partial charge in [0, 0.05) is 28.5 Å². The highest BCUT2D eigenvalue weighted by atomic mass is 35.5. The second-order valence-corrected chi connectivity index (χ2v) is 4.02. The molecule has 0 radical (unpaired) electrons. The molecule has 0 saturated heterocycles. The van der Waals surface area contributed by atoms with E-state index in [2.05, 4.69) is 4.98 Å². The highest BCUT2D eigenvalue weighted by Crippen LogP contribution is 2.40. The quantitative estimate of drug-likeness (QED) is 0.847. The lowest BCUT2D eigenvalue weighted by molar-refractivity contribution is -0.137. The molecule has 2 rings (SSSR count). The highest BCUT2D eigenvalue weighted by molar-refractivity contribution is 6.31. The van der Waals surface area contributed by atoms with E-state index in [0.717, 1.165) is 18.5 Å². The van der Waals surface area contributed by atoms with Gasteiger partial charge in [0.05, 0.1) is 5.56 Å². The molecule has 0 aliphatic carbocycles. The molecule has 6 heteroatoms. The molecule has 0 bridgehead atoms. The number of halogens is 4. The van der Waals surface area contributed by atoms with Crippen LogP contribution in [0.5, 0.6) is 5.75 Å². The number of pyridine rings is 1. The van der Waals surface area contributed by atoms with Crippen molar-refractivity contribution in [2.75, 3.05) is 0 Å². The molecule has 2 nitrogen and oxygen atoms in total. The van der Waals surface area contributed by atoms with Gasteiger partial charge in [-0.2, -0.15) is 13.2 Å². The van der Waals surface area contributed by atoms with Crippen LogP contribution in [-0.2, 0) is 6.18 Å². The Morgan fingerprint density at radius 3 is 2.50 bits per heavy atom. The predicted octanol–water partition coefficient (Wildman–Crippen LogP) is 4.13. The molecule has 0 fully saturated rings. The Kier molecular flexibility index (Phi) is 3.17. The maximum absolute atomic E-state index is 12.8. The Hall–Kier alpha value is -1.75. The SMILES string of the molecule is Oc1ccc(Cl)cc1-c1cnccc1C(F)(F)F. The van der Waals surface area contributed by atoms with Gasteiger partial charge in [-0.3, -0.25) is 4.98 Å². The fourth-order valence-corrected chi connectivity index (χ4v) is 1.75. The minimum absolute atomic E-state index is 0.00271. The summed E-state index contributed by atoms with van der Waals surface area (Å²) in [7, 11) is 0. The van der Waals surface area contributed by atoms with Gasteiger partial charge in [0.1, 0.15) is 5.75 Å². The van der Waals surface area contributed by atoms with Crippen molar-refractivity contribution in [2.45, 2.75) is 6.18 Å². The molecule has 0 atom stereocenters. The van der Waals surface area contributed by atoms with Crippen LogP contribution in [0.2, 0.25) is 5.02 Å². The molecular formula is C12H7ClF3NO. The van der Waals surface area contributed by atoms with Crippen LogP contribution in [0.1, 0.15) is 5.56 Å². The first kappa shape index (κ1) is 12.7. The summed E-state index contributed by atoms with van der Waals surface area (Å²) in [6, 6.07) is 4.76. The minimum atomic E-state index is -4.52. The zero-order chi connectivity index (χ0) is 13.3. The number of hydrogen-bond donors (Lipinski definition) is 1. The van der Waals surface area contributed by atoms with Crippen molar-refractivity contribution in [1.82, 2.24) is 4.98 Å². The van der Waals surface area contributed by atoms with E-state index in [9.17, 15) is 18.3 Å². The molecule has 1 heterocycles. The number of aromatic nitrogens is 1. The van der Waals surface area contributed by atoms with E-state index < -0.39 is 11.7 Å². The Balaban J connectivity index is 2.68. The van der Waals surface area contributed by atoms with Crippen LogP contribution >= 0.6 is 11.6 Å².